The fourth-order valence-corrected chi connectivity index (χ4v) is 2.46. The molecule has 0 radical (unpaired) electrons. The molecule has 5 heteroatoms. The first-order valence-electron chi connectivity index (χ1n) is 6.26. The van der Waals surface area contributed by atoms with E-state index in [4.69, 9.17) is 5.73 Å². The van der Waals surface area contributed by atoms with Gasteiger partial charge in [0.1, 0.15) is 5.82 Å². The lowest BCUT2D eigenvalue weighted by molar-refractivity contribution is 0.905. The predicted octanol–water partition coefficient (Wildman–Crippen LogP) is 2.05. The summed E-state index contributed by atoms with van der Waals surface area (Å²) in [6, 6.07) is 9.53. The second kappa shape index (κ2) is 6.54. The van der Waals surface area contributed by atoms with Crippen LogP contribution in [0, 0.1) is 0 Å². The van der Waals surface area contributed by atoms with E-state index in [1.807, 2.05) is 24.3 Å². The van der Waals surface area contributed by atoms with Crippen LogP contribution in [0.1, 0.15) is 12.6 Å². The molecule has 0 spiro atoms. The summed E-state index contributed by atoms with van der Waals surface area (Å²) in [5.74, 6) is 1.64. The van der Waals surface area contributed by atoms with Gasteiger partial charge in [0.15, 0.2) is 0 Å². The molecule has 0 aliphatic rings. The Labute approximate surface area is 116 Å². The van der Waals surface area contributed by atoms with Gasteiger partial charge in [-0.05, 0) is 24.4 Å². The highest BCUT2D eigenvalue weighted by Crippen LogP contribution is 2.21. The Morgan fingerprint density at radius 2 is 2.05 bits per heavy atom. The molecule has 2 rings (SSSR count). The van der Waals surface area contributed by atoms with E-state index in [9.17, 15) is 4.79 Å². The van der Waals surface area contributed by atoms with Crippen molar-refractivity contribution in [2.24, 2.45) is 5.73 Å². The van der Waals surface area contributed by atoms with E-state index in [1.165, 1.54) is 11.0 Å². The quantitative estimate of drug-likeness (QED) is 0.819. The molecule has 4 nitrogen and oxygen atoms in total. The van der Waals surface area contributed by atoms with Crippen molar-refractivity contribution in [1.29, 1.82) is 0 Å². The monoisotopic (exact) mass is 275 g/mol. The third-order valence-electron chi connectivity index (χ3n) is 2.63. The number of rotatable bonds is 5. The molecule has 0 atom stereocenters. The maximum atomic E-state index is 11.6. The molecule has 0 fully saturated rings. The molecular weight excluding hydrogens is 258 g/mol. The summed E-state index contributed by atoms with van der Waals surface area (Å²) in [6.07, 6.45) is 0.612. The van der Waals surface area contributed by atoms with Crippen molar-refractivity contribution in [3.8, 4) is 11.4 Å². The van der Waals surface area contributed by atoms with E-state index in [-0.39, 0.29) is 5.56 Å². The van der Waals surface area contributed by atoms with E-state index in [2.05, 4.69) is 16.9 Å². The molecule has 1 aromatic heterocycles. The van der Waals surface area contributed by atoms with Crippen molar-refractivity contribution >= 4 is 11.8 Å². The van der Waals surface area contributed by atoms with Gasteiger partial charge in [0.05, 0.1) is 0 Å². The summed E-state index contributed by atoms with van der Waals surface area (Å²) < 4.78 is 0. The minimum atomic E-state index is -0.138. The summed E-state index contributed by atoms with van der Waals surface area (Å²) >= 11 is 1.78. The van der Waals surface area contributed by atoms with Crippen LogP contribution in [0.5, 0.6) is 0 Å². The molecule has 0 aliphatic carbocycles. The summed E-state index contributed by atoms with van der Waals surface area (Å²) in [5, 5.41) is 0. The molecular formula is C14H17N3OS. The topological polar surface area (TPSA) is 71.8 Å². The van der Waals surface area contributed by atoms with E-state index in [1.54, 1.807) is 11.8 Å². The normalized spacial score (nSPS) is 10.6. The number of nitrogens with one attached hydrogen (secondary N) is 1. The first-order chi connectivity index (χ1) is 9.22. The Hall–Kier alpha value is -1.59. The predicted molar refractivity (Wildman–Crippen MR) is 79.5 cm³/mol. The second-order valence-electron chi connectivity index (χ2n) is 4.08. The molecule has 0 unspecified atom stereocenters. The first kappa shape index (κ1) is 13.8. The Morgan fingerprint density at radius 3 is 2.68 bits per heavy atom. The van der Waals surface area contributed by atoms with E-state index >= 15 is 0 Å². The van der Waals surface area contributed by atoms with Crippen LogP contribution in [0.15, 0.2) is 40.0 Å². The van der Waals surface area contributed by atoms with Gasteiger partial charge >= 0.3 is 0 Å². The lowest BCUT2D eigenvalue weighted by atomic mass is 10.2. The maximum Gasteiger partial charge on any atom is 0.251 e. The molecule has 1 heterocycles. The minimum Gasteiger partial charge on any atom is -0.330 e. The summed E-state index contributed by atoms with van der Waals surface area (Å²) in [5.41, 5.74) is 7.00. The van der Waals surface area contributed by atoms with Gasteiger partial charge in [-0.2, -0.15) is 0 Å². The van der Waals surface area contributed by atoms with Gasteiger partial charge in [-0.3, -0.25) is 4.79 Å². The van der Waals surface area contributed by atoms with Crippen LogP contribution < -0.4 is 11.3 Å². The standard InChI is InChI=1S/C14H17N3OS/c1-2-19-12-5-3-10(4-6-12)14-16-11(7-8-15)9-13(18)17-14/h3-6,9H,2,7-8,15H2,1H3,(H,16,17,18). The summed E-state index contributed by atoms with van der Waals surface area (Å²) in [7, 11) is 0. The molecule has 2 aromatic rings. The number of hydrogen-bond donors (Lipinski definition) is 2. The third kappa shape index (κ3) is 3.68. The van der Waals surface area contributed by atoms with Crippen molar-refractivity contribution in [3.63, 3.8) is 0 Å². The fraction of sp³-hybridized carbons (Fsp3) is 0.286. The fourth-order valence-electron chi connectivity index (χ4n) is 1.80. The number of H-pyrrole nitrogens is 1. The third-order valence-corrected chi connectivity index (χ3v) is 3.53. The smallest absolute Gasteiger partial charge is 0.251 e. The van der Waals surface area contributed by atoms with E-state index in [0.29, 0.717) is 18.8 Å². The van der Waals surface area contributed by atoms with E-state index in [0.717, 1.165) is 17.0 Å². The van der Waals surface area contributed by atoms with Crippen LogP contribution in [-0.4, -0.2) is 22.3 Å². The highest BCUT2D eigenvalue weighted by Gasteiger charge is 2.04. The number of nitrogens with two attached hydrogens (primary N) is 1. The molecule has 0 bridgehead atoms. The summed E-state index contributed by atoms with van der Waals surface area (Å²) in [6.45, 7) is 2.61. The van der Waals surface area contributed by atoms with Crippen molar-refractivity contribution < 1.29 is 0 Å². The molecule has 19 heavy (non-hydrogen) atoms. The van der Waals surface area contributed by atoms with Crippen molar-refractivity contribution in [3.05, 3.63) is 46.4 Å². The molecule has 0 saturated carbocycles. The van der Waals surface area contributed by atoms with Gasteiger partial charge in [-0.25, -0.2) is 4.98 Å². The van der Waals surface area contributed by atoms with Crippen LogP contribution in [0.4, 0.5) is 0 Å². The van der Waals surface area contributed by atoms with Crippen LogP contribution in [0.2, 0.25) is 0 Å². The van der Waals surface area contributed by atoms with Crippen molar-refractivity contribution in [1.82, 2.24) is 9.97 Å². The zero-order valence-corrected chi connectivity index (χ0v) is 11.7. The van der Waals surface area contributed by atoms with Gasteiger partial charge in [0.2, 0.25) is 0 Å². The Morgan fingerprint density at radius 1 is 1.32 bits per heavy atom. The molecule has 0 amide bonds. The number of hydrogen-bond acceptors (Lipinski definition) is 4. The lowest BCUT2D eigenvalue weighted by Gasteiger charge is -2.05. The zero-order valence-electron chi connectivity index (χ0n) is 10.8. The molecule has 3 N–H and O–H groups in total. The second-order valence-corrected chi connectivity index (χ2v) is 5.42. The zero-order chi connectivity index (χ0) is 13.7. The van der Waals surface area contributed by atoms with Gasteiger partial charge < -0.3 is 10.7 Å². The van der Waals surface area contributed by atoms with Crippen LogP contribution in [0.25, 0.3) is 11.4 Å². The largest absolute Gasteiger partial charge is 0.330 e. The Kier molecular flexibility index (Phi) is 4.76. The lowest BCUT2D eigenvalue weighted by Crippen LogP contribution is -2.13. The van der Waals surface area contributed by atoms with Crippen LogP contribution in [-0.2, 0) is 6.42 Å². The summed E-state index contributed by atoms with van der Waals surface area (Å²) in [4.78, 5) is 20.0. The molecule has 0 aliphatic heterocycles. The number of nitrogens with zero attached hydrogens (tertiary/aromatic N) is 1. The number of benzene rings is 1. The number of thioether (sulfide) groups is 1. The molecule has 1 aromatic carbocycles. The first-order valence-corrected chi connectivity index (χ1v) is 7.25. The van der Waals surface area contributed by atoms with E-state index < -0.39 is 0 Å². The Bertz CT molecular complexity index is 592. The highest BCUT2D eigenvalue weighted by atomic mass is 32.2. The van der Waals surface area contributed by atoms with Gasteiger partial charge in [0.25, 0.3) is 5.56 Å². The average Bonchev–Trinajstić information content (AvgIpc) is 2.40. The number of aromatic nitrogens is 2. The molecule has 100 valence electrons. The minimum absolute atomic E-state index is 0.138. The van der Waals surface area contributed by atoms with Crippen molar-refractivity contribution in [2.45, 2.75) is 18.2 Å². The van der Waals surface area contributed by atoms with Crippen molar-refractivity contribution in [2.75, 3.05) is 12.3 Å². The Balaban J connectivity index is 2.32. The van der Waals surface area contributed by atoms with Gasteiger partial charge in [-0.1, -0.05) is 19.1 Å². The van der Waals surface area contributed by atoms with Gasteiger partial charge in [-0.15, -0.1) is 11.8 Å². The van der Waals surface area contributed by atoms with Gasteiger partial charge in [0, 0.05) is 28.6 Å². The maximum absolute atomic E-state index is 11.6. The van der Waals surface area contributed by atoms with Crippen LogP contribution >= 0.6 is 11.8 Å². The molecule has 0 saturated heterocycles. The number of aromatic amines is 1. The van der Waals surface area contributed by atoms with Crippen LogP contribution in [0.3, 0.4) is 0 Å². The SMILES string of the molecule is CCSc1ccc(-c2nc(CCN)cc(=O)[nH]2)cc1. The average molecular weight is 275 g/mol. The highest BCUT2D eigenvalue weighted by molar-refractivity contribution is 7.99.